The SMILES string of the molecule is CC(C)CC(N)C(C)(C)CCN. The molecule has 0 spiro atoms. The van der Waals surface area contributed by atoms with Gasteiger partial charge in [-0.1, -0.05) is 27.7 Å². The summed E-state index contributed by atoms with van der Waals surface area (Å²) in [5.74, 6) is 0.678. The second-order valence-electron chi connectivity index (χ2n) is 4.76. The van der Waals surface area contributed by atoms with Crippen LogP contribution >= 0.6 is 0 Å². The Labute approximate surface area is 76.7 Å². The molecule has 0 aliphatic rings. The van der Waals surface area contributed by atoms with Gasteiger partial charge in [0.05, 0.1) is 0 Å². The fourth-order valence-electron chi connectivity index (χ4n) is 1.38. The van der Waals surface area contributed by atoms with Gasteiger partial charge in [-0.05, 0) is 30.7 Å². The summed E-state index contributed by atoms with van der Waals surface area (Å²) in [5, 5.41) is 0. The third-order valence-corrected chi connectivity index (χ3v) is 2.52. The van der Waals surface area contributed by atoms with Crippen molar-refractivity contribution in [2.45, 2.75) is 46.6 Å². The van der Waals surface area contributed by atoms with E-state index in [-0.39, 0.29) is 11.5 Å². The van der Waals surface area contributed by atoms with Gasteiger partial charge >= 0.3 is 0 Å². The van der Waals surface area contributed by atoms with E-state index < -0.39 is 0 Å². The van der Waals surface area contributed by atoms with Crippen molar-refractivity contribution in [1.82, 2.24) is 0 Å². The van der Waals surface area contributed by atoms with Crippen LogP contribution in [0.1, 0.15) is 40.5 Å². The molecule has 0 saturated carbocycles. The minimum absolute atomic E-state index is 0.193. The summed E-state index contributed by atoms with van der Waals surface area (Å²) in [6.07, 6.45) is 2.11. The highest BCUT2D eigenvalue weighted by Crippen LogP contribution is 2.26. The summed E-state index contributed by atoms with van der Waals surface area (Å²) >= 11 is 0. The lowest BCUT2D eigenvalue weighted by atomic mass is 9.78. The lowest BCUT2D eigenvalue weighted by Crippen LogP contribution is -2.39. The molecule has 0 aliphatic carbocycles. The van der Waals surface area contributed by atoms with Crippen LogP contribution in [-0.2, 0) is 0 Å². The summed E-state index contributed by atoms with van der Waals surface area (Å²) in [5.41, 5.74) is 11.8. The van der Waals surface area contributed by atoms with E-state index in [1.165, 1.54) is 0 Å². The van der Waals surface area contributed by atoms with Gasteiger partial charge in [-0.25, -0.2) is 0 Å². The van der Waals surface area contributed by atoms with E-state index >= 15 is 0 Å². The normalized spacial score (nSPS) is 15.2. The van der Waals surface area contributed by atoms with Gasteiger partial charge in [0.25, 0.3) is 0 Å². The van der Waals surface area contributed by atoms with Crippen LogP contribution in [0.25, 0.3) is 0 Å². The zero-order valence-corrected chi connectivity index (χ0v) is 8.93. The van der Waals surface area contributed by atoms with E-state index in [1.54, 1.807) is 0 Å². The van der Waals surface area contributed by atoms with Gasteiger partial charge in [0.15, 0.2) is 0 Å². The lowest BCUT2D eigenvalue weighted by molar-refractivity contribution is 0.238. The molecule has 0 aliphatic heterocycles. The molecule has 0 heterocycles. The Morgan fingerprint density at radius 1 is 1.25 bits per heavy atom. The summed E-state index contributed by atoms with van der Waals surface area (Å²) in [4.78, 5) is 0. The highest BCUT2D eigenvalue weighted by molar-refractivity contribution is 4.82. The van der Waals surface area contributed by atoms with Crippen molar-refractivity contribution >= 4 is 0 Å². The molecular weight excluding hydrogens is 148 g/mol. The molecule has 0 rings (SSSR count). The number of rotatable bonds is 5. The first kappa shape index (κ1) is 11.9. The van der Waals surface area contributed by atoms with E-state index in [1.807, 2.05) is 0 Å². The third-order valence-electron chi connectivity index (χ3n) is 2.52. The summed E-state index contributed by atoms with van der Waals surface area (Å²) < 4.78 is 0. The quantitative estimate of drug-likeness (QED) is 0.663. The Morgan fingerprint density at radius 3 is 2.08 bits per heavy atom. The Kier molecular flexibility index (Phi) is 4.80. The largest absolute Gasteiger partial charge is 0.330 e. The first-order chi connectivity index (χ1) is 5.40. The van der Waals surface area contributed by atoms with Crippen LogP contribution in [0.5, 0.6) is 0 Å². The minimum atomic E-state index is 0.193. The van der Waals surface area contributed by atoms with E-state index in [2.05, 4.69) is 27.7 Å². The van der Waals surface area contributed by atoms with Crippen molar-refractivity contribution in [3.05, 3.63) is 0 Å². The van der Waals surface area contributed by atoms with Crippen LogP contribution in [0.4, 0.5) is 0 Å². The fraction of sp³-hybridized carbons (Fsp3) is 1.00. The monoisotopic (exact) mass is 172 g/mol. The molecule has 1 atom stereocenters. The van der Waals surface area contributed by atoms with Crippen molar-refractivity contribution in [2.24, 2.45) is 22.8 Å². The van der Waals surface area contributed by atoms with Crippen LogP contribution in [0, 0.1) is 11.3 Å². The van der Waals surface area contributed by atoms with Crippen molar-refractivity contribution in [1.29, 1.82) is 0 Å². The number of nitrogens with two attached hydrogens (primary N) is 2. The third kappa shape index (κ3) is 4.07. The molecule has 74 valence electrons. The van der Waals surface area contributed by atoms with Crippen LogP contribution in [0.2, 0.25) is 0 Å². The summed E-state index contributed by atoms with van der Waals surface area (Å²) in [6.45, 7) is 9.55. The molecule has 0 aromatic carbocycles. The lowest BCUT2D eigenvalue weighted by Gasteiger charge is -2.32. The smallest absolute Gasteiger partial charge is 0.00931 e. The average Bonchev–Trinajstić information content (AvgIpc) is 1.85. The molecule has 0 radical (unpaired) electrons. The van der Waals surface area contributed by atoms with Crippen molar-refractivity contribution in [3.8, 4) is 0 Å². The fourth-order valence-corrected chi connectivity index (χ4v) is 1.38. The molecule has 0 saturated heterocycles. The van der Waals surface area contributed by atoms with Crippen LogP contribution in [0.3, 0.4) is 0 Å². The van der Waals surface area contributed by atoms with Gasteiger partial charge in [-0.15, -0.1) is 0 Å². The van der Waals surface area contributed by atoms with Gasteiger partial charge in [0.2, 0.25) is 0 Å². The number of hydrogen-bond donors (Lipinski definition) is 2. The molecule has 0 aromatic heterocycles. The molecule has 4 N–H and O–H groups in total. The molecule has 0 aromatic rings. The predicted octanol–water partition coefficient (Wildman–Crippen LogP) is 1.73. The maximum absolute atomic E-state index is 6.08. The molecule has 2 nitrogen and oxygen atoms in total. The van der Waals surface area contributed by atoms with E-state index in [4.69, 9.17) is 11.5 Å². The summed E-state index contributed by atoms with van der Waals surface area (Å²) in [6, 6.07) is 0.279. The van der Waals surface area contributed by atoms with Crippen LogP contribution in [0.15, 0.2) is 0 Å². The van der Waals surface area contributed by atoms with E-state index in [9.17, 15) is 0 Å². The second kappa shape index (κ2) is 4.83. The Hall–Kier alpha value is -0.0800. The minimum Gasteiger partial charge on any atom is -0.330 e. The maximum atomic E-state index is 6.08. The molecule has 0 fully saturated rings. The zero-order valence-electron chi connectivity index (χ0n) is 8.93. The van der Waals surface area contributed by atoms with Gasteiger partial charge < -0.3 is 11.5 Å². The molecule has 2 heteroatoms. The van der Waals surface area contributed by atoms with Gasteiger partial charge in [-0.3, -0.25) is 0 Å². The predicted molar refractivity (Wildman–Crippen MR) is 54.9 cm³/mol. The molecule has 1 unspecified atom stereocenters. The standard InChI is InChI=1S/C10H24N2/c1-8(2)7-9(12)10(3,4)5-6-11/h8-9H,5-7,11-12H2,1-4H3. The molecule has 12 heavy (non-hydrogen) atoms. The first-order valence-electron chi connectivity index (χ1n) is 4.86. The second-order valence-corrected chi connectivity index (χ2v) is 4.76. The van der Waals surface area contributed by atoms with Crippen LogP contribution < -0.4 is 11.5 Å². The van der Waals surface area contributed by atoms with Gasteiger partial charge in [-0.2, -0.15) is 0 Å². The summed E-state index contributed by atoms with van der Waals surface area (Å²) in [7, 11) is 0. The Bertz CT molecular complexity index is 119. The molecule has 0 amide bonds. The first-order valence-corrected chi connectivity index (χ1v) is 4.86. The van der Waals surface area contributed by atoms with Crippen molar-refractivity contribution in [3.63, 3.8) is 0 Å². The zero-order chi connectivity index (χ0) is 9.78. The van der Waals surface area contributed by atoms with E-state index in [0.717, 1.165) is 19.4 Å². The van der Waals surface area contributed by atoms with Crippen molar-refractivity contribution < 1.29 is 0 Å². The van der Waals surface area contributed by atoms with E-state index in [0.29, 0.717) is 5.92 Å². The Balaban J connectivity index is 3.96. The van der Waals surface area contributed by atoms with Crippen molar-refractivity contribution in [2.75, 3.05) is 6.54 Å². The van der Waals surface area contributed by atoms with Gasteiger partial charge in [0, 0.05) is 6.04 Å². The molecule has 0 bridgehead atoms. The number of hydrogen-bond acceptors (Lipinski definition) is 2. The average molecular weight is 172 g/mol. The van der Waals surface area contributed by atoms with Gasteiger partial charge in [0.1, 0.15) is 0 Å². The molecular formula is C10H24N2. The van der Waals surface area contributed by atoms with Crippen LogP contribution in [-0.4, -0.2) is 12.6 Å². The highest BCUT2D eigenvalue weighted by atomic mass is 14.7. The maximum Gasteiger partial charge on any atom is 0.00931 e. The topological polar surface area (TPSA) is 52.0 Å². The Morgan fingerprint density at radius 2 is 1.75 bits per heavy atom. The highest BCUT2D eigenvalue weighted by Gasteiger charge is 2.25.